The van der Waals surface area contributed by atoms with E-state index >= 15 is 0 Å². The number of carbonyl (C=O) groups excluding carboxylic acids is 1. The van der Waals surface area contributed by atoms with E-state index in [1.54, 1.807) is 0 Å². The van der Waals surface area contributed by atoms with Crippen LogP contribution in [0.1, 0.15) is 15.9 Å². The average molecular weight is 320 g/mol. The number of amides is 1. The molecule has 22 heavy (non-hydrogen) atoms. The molecule has 0 aliphatic carbocycles. The van der Waals surface area contributed by atoms with Crippen LogP contribution in [-0.2, 0) is 10.1 Å². The Bertz CT molecular complexity index is 888. The number of halogens is 1. The van der Waals surface area contributed by atoms with E-state index < -0.39 is 32.3 Å². The van der Waals surface area contributed by atoms with Crippen molar-refractivity contribution in [1.82, 2.24) is 0 Å². The van der Waals surface area contributed by atoms with Gasteiger partial charge in [-0.25, -0.2) is 4.39 Å². The van der Waals surface area contributed by atoms with Gasteiger partial charge in [-0.1, -0.05) is 12.1 Å². The summed E-state index contributed by atoms with van der Waals surface area (Å²) in [4.78, 5) is 10.8. The second-order valence-corrected chi connectivity index (χ2v) is 5.70. The Labute approximate surface area is 125 Å². The van der Waals surface area contributed by atoms with E-state index in [4.69, 9.17) is 15.2 Å². The fourth-order valence-corrected chi connectivity index (χ4v) is 2.63. The van der Waals surface area contributed by atoms with Gasteiger partial charge in [0, 0.05) is 0 Å². The molecular weight excluding hydrogens is 311 g/mol. The van der Waals surface area contributed by atoms with Crippen LogP contribution in [0.2, 0.25) is 0 Å². The molecule has 2 N–H and O–H groups in total. The molecule has 0 fully saturated rings. The standard InChI is InChI=1S/C14H9FN2O4S/c15-12-6-5-10(7-9(12)8-16)22(19,20)21-13-4-2-1-3-11(13)14(17)18/h1-7H,(H2,17,18). The van der Waals surface area contributed by atoms with Gasteiger partial charge in [0.05, 0.1) is 11.1 Å². The number of hydrogen-bond acceptors (Lipinski definition) is 5. The third-order valence-corrected chi connectivity index (χ3v) is 3.93. The van der Waals surface area contributed by atoms with Crippen LogP contribution in [0.25, 0.3) is 0 Å². The van der Waals surface area contributed by atoms with Crippen LogP contribution in [0.5, 0.6) is 5.75 Å². The minimum atomic E-state index is -4.34. The molecule has 0 saturated heterocycles. The molecule has 112 valence electrons. The summed E-state index contributed by atoms with van der Waals surface area (Å²) in [5.41, 5.74) is 4.58. The molecule has 0 radical (unpaired) electrons. The van der Waals surface area contributed by atoms with Crippen LogP contribution in [0.3, 0.4) is 0 Å². The predicted molar refractivity (Wildman–Crippen MR) is 73.9 cm³/mol. The summed E-state index contributed by atoms with van der Waals surface area (Å²) in [5, 5.41) is 8.73. The van der Waals surface area contributed by atoms with Crippen molar-refractivity contribution < 1.29 is 21.8 Å². The third kappa shape index (κ3) is 3.05. The highest BCUT2D eigenvalue weighted by molar-refractivity contribution is 7.87. The third-order valence-electron chi connectivity index (χ3n) is 2.70. The Kier molecular flexibility index (Phi) is 4.10. The van der Waals surface area contributed by atoms with Gasteiger partial charge < -0.3 is 9.92 Å². The summed E-state index contributed by atoms with van der Waals surface area (Å²) in [6.07, 6.45) is 0. The van der Waals surface area contributed by atoms with Crippen LogP contribution >= 0.6 is 0 Å². The predicted octanol–water partition coefficient (Wildman–Crippen LogP) is 1.56. The zero-order valence-electron chi connectivity index (χ0n) is 11.0. The van der Waals surface area contributed by atoms with Crippen molar-refractivity contribution in [3.05, 3.63) is 59.4 Å². The lowest BCUT2D eigenvalue weighted by Crippen LogP contribution is -2.16. The Morgan fingerprint density at radius 1 is 1.23 bits per heavy atom. The van der Waals surface area contributed by atoms with Crippen LogP contribution in [0, 0.1) is 17.1 Å². The summed E-state index contributed by atoms with van der Waals surface area (Å²) in [5.74, 6) is -1.96. The largest absolute Gasteiger partial charge is 0.378 e. The smallest absolute Gasteiger partial charge is 0.339 e. The molecule has 0 aliphatic heterocycles. The van der Waals surface area contributed by atoms with Crippen molar-refractivity contribution in [3.8, 4) is 11.8 Å². The highest BCUT2D eigenvalue weighted by Gasteiger charge is 2.21. The fraction of sp³-hybridized carbons (Fsp3) is 0. The molecule has 0 heterocycles. The Balaban J connectivity index is 2.45. The van der Waals surface area contributed by atoms with E-state index in [1.807, 2.05) is 0 Å². The Morgan fingerprint density at radius 3 is 2.55 bits per heavy atom. The number of para-hydroxylation sites is 1. The maximum Gasteiger partial charge on any atom is 0.339 e. The van der Waals surface area contributed by atoms with E-state index in [-0.39, 0.29) is 11.3 Å². The maximum absolute atomic E-state index is 13.2. The lowest BCUT2D eigenvalue weighted by Gasteiger charge is -2.09. The van der Waals surface area contributed by atoms with Gasteiger partial charge in [-0.05, 0) is 30.3 Å². The van der Waals surface area contributed by atoms with E-state index in [1.165, 1.54) is 30.3 Å². The van der Waals surface area contributed by atoms with E-state index in [9.17, 15) is 17.6 Å². The molecule has 0 aromatic heterocycles. The summed E-state index contributed by atoms with van der Waals surface area (Å²) < 4.78 is 42.4. The number of nitrogens with two attached hydrogens (primary N) is 1. The fourth-order valence-electron chi connectivity index (χ4n) is 1.65. The van der Waals surface area contributed by atoms with Crippen molar-refractivity contribution in [3.63, 3.8) is 0 Å². The lowest BCUT2D eigenvalue weighted by molar-refractivity contribution is 0.0999. The number of hydrogen-bond donors (Lipinski definition) is 1. The first-order valence-electron chi connectivity index (χ1n) is 5.88. The zero-order valence-corrected chi connectivity index (χ0v) is 11.8. The van der Waals surface area contributed by atoms with Gasteiger partial charge in [-0.15, -0.1) is 0 Å². The average Bonchev–Trinajstić information content (AvgIpc) is 2.47. The molecular formula is C14H9FN2O4S. The molecule has 0 saturated carbocycles. The van der Waals surface area contributed by atoms with Gasteiger partial charge in [-0.2, -0.15) is 13.7 Å². The van der Waals surface area contributed by atoms with Crippen molar-refractivity contribution >= 4 is 16.0 Å². The SMILES string of the molecule is N#Cc1cc(S(=O)(=O)Oc2ccccc2C(N)=O)ccc1F. The van der Waals surface area contributed by atoms with Crippen molar-refractivity contribution in [2.24, 2.45) is 5.73 Å². The van der Waals surface area contributed by atoms with Crippen molar-refractivity contribution in [2.45, 2.75) is 4.90 Å². The van der Waals surface area contributed by atoms with Gasteiger partial charge in [0.2, 0.25) is 0 Å². The molecule has 6 nitrogen and oxygen atoms in total. The molecule has 2 aromatic carbocycles. The minimum absolute atomic E-state index is 0.117. The summed E-state index contributed by atoms with van der Waals surface area (Å²) in [6, 6.07) is 9.69. The van der Waals surface area contributed by atoms with Crippen molar-refractivity contribution in [1.29, 1.82) is 5.26 Å². The molecule has 2 aromatic rings. The second-order valence-electron chi connectivity index (χ2n) is 4.15. The number of nitriles is 1. The van der Waals surface area contributed by atoms with E-state index in [0.717, 1.165) is 18.2 Å². The first-order chi connectivity index (χ1) is 10.3. The summed E-state index contributed by atoms with van der Waals surface area (Å²) in [6.45, 7) is 0. The highest BCUT2D eigenvalue weighted by atomic mass is 32.2. The molecule has 0 atom stereocenters. The van der Waals surface area contributed by atoms with Crippen LogP contribution in [-0.4, -0.2) is 14.3 Å². The molecule has 0 bridgehead atoms. The van der Waals surface area contributed by atoms with E-state index in [2.05, 4.69) is 0 Å². The first-order valence-corrected chi connectivity index (χ1v) is 7.29. The first kappa shape index (κ1) is 15.5. The van der Waals surface area contributed by atoms with Crippen LogP contribution in [0.15, 0.2) is 47.4 Å². The van der Waals surface area contributed by atoms with Gasteiger partial charge in [0.25, 0.3) is 5.91 Å². The molecule has 1 amide bonds. The van der Waals surface area contributed by atoms with Crippen LogP contribution < -0.4 is 9.92 Å². The quantitative estimate of drug-likeness (QED) is 0.860. The number of benzene rings is 2. The van der Waals surface area contributed by atoms with Crippen LogP contribution in [0.4, 0.5) is 4.39 Å². The summed E-state index contributed by atoms with van der Waals surface area (Å²) >= 11 is 0. The van der Waals surface area contributed by atoms with Gasteiger partial charge in [-0.3, -0.25) is 4.79 Å². The van der Waals surface area contributed by atoms with E-state index in [0.29, 0.717) is 0 Å². The Hall–Kier alpha value is -2.92. The second kappa shape index (κ2) is 5.83. The maximum atomic E-state index is 13.2. The monoisotopic (exact) mass is 320 g/mol. The number of primary amides is 1. The zero-order chi connectivity index (χ0) is 16.3. The Morgan fingerprint density at radius 2 is 1.91 bits per heavy atom. The van der Waals surface area contributed by atoms with Crippen molar-refractivity contribution in [2.75, 3.05) is 0 Å². The summed E-state index contributed by atoms with van der Waals surface area (Å²) in [7, 11) is -4.34. The van der Waals surface area contributed by atoms with Gasteiger partial charge in [0.1, 0.15) is 16.8 Å². The topological polar surface area (TPSA) is 110 Å². The van der Waals surface area contributed by atoms with Gasteiger partial charge >= 0.3 is 10.1 Å². The van der Waals surface area contributed by atoms with Gasteiger partial charge in [0.15, 0.2) is 5.75 Å². The molecule has 0 aliphatic rings. The highest BCUT2D eigenvalue weighted by Crippen LogP contribution is 2.23. The molecule has 8 heteroatoms. The number of rotatable bonds is 4. The normalized spacial score (nSPS) is 10.7. The molecule has 2 rings (SSSR count). The molecule has 0 unspecified atom stereocenters. The number of carbonyl (C=O) groups is 1. The lowest BCUT2D eigenvalue weighted by atomic mass is 10.2. The molecule has 0 spiro atoms. The minimum Gasteiger partial charge on any atom is -0.378 e. The number of nitrogens with zero attached hydrogens (tertiary/aromatic N) is 1.